The lowest BCUT2D eigenvalue weighted by Gasteiger charge is -2.38. The minimum absolute atomic E-state index is 0.00648. The second-order valence-electron chi connectivity index (χ2n) is 10.2. The number of sulfonamides is 1. The van der Waals surface area contributed by atoms with Gasteiger partial charge in [-0.2, -0.15) is 0 Å². The van der Waals surface area contributed by atoms with Gasteiger partial charge in [-0.15, -0.1) is 0 Å². The summed E-state index contributed by atoms with van der Waals surface area (Å²) >= 11 is 0. The fourth-order valence-corrected chi connectivity index (χ4v) is 6.57. The summed E-state index contributed by atoms with van der Waals surface area (Å²) < 4.78 is 35.7. The molecule has 1 saturated carbocycles. The normalized spacial score (nSPS) is 16.9. The van der Waals surface area contributed by atoms with Crippen molar-refractivity contribution in [2.75, 3.05) is 48.4 Å². The number of amides is 1. The Morgan fingerprint density at radius 2 is 1.59 bits per heavy atom. The number of hydrogen-bond acceptors (Lipinski definition) is 6. The number of nitrogens with zero attached hydrogens (tertiary/aromatic N) is 2. The molecule has 0 bridgehead atoms. The predicted octanol–water partition coefficient (Wildman–Crippen LogP) is 4.80. The molecule has 2 fully saturated rings. The lowest BCUT2D eigenvalue weighted by molar-refractivity contribution is -0.122. The van der Waals surface area contributed by atoms with Crippen LogP contribution >= 0.6 is 0 Å². The first-order valence-corrected chi connectivity index (χ1v) is 15.0. The zero-order valence-corrected chi connectivity index (χ0v) is 23.3. The van der Waals surface area contributed by atoms with Gasteiger partial charge in [0, 0.05) is 49.5 Å². The maximum absolute atomic E-state index is 13.8. The van der Waals surface area contributed by atoms with Crippen molar-refractivity contribution in [3.63, 3.8) is 0 Å². The highest BCUT2D eigenvalue weighted by Gasteiger charge is 2.29. The molecule has 1 heterocycles. The first-order chi connectivity index (χ1) is 18.8. The van der Waals surface area contributed by atoms with E-state index < -0.39 is 16.1 Å². The molecule has 1 saturated heterocycles. The zero-order valence-electron chi connectivity index (χ0n) is 22.5. The maximum Gasteiger partial charge on any atom is 0.243 e. The SMILES string of the molecule is COc1ccc(N2CCN(c3ccc(NC(=O)C4CCC4)cc3S(=O)(=O)N[C@H](C)c3ccccc3)CC2)cc1. The summed E-state index contributed by atoms with van der Waals surface area (Å²) in [6, 6.07) is 22.3. The molecule has 1 atom stereocenters. The Bertz CT molecular complexity index is 1380. The van der Waals surface area contributed by atoms with Gasteiger partial charge in [0.15, 0.2) is 0 Å². The van der Waals surface area contributed by atoms with Crippen molar-refractivity contribution in [2.24, 2.45) is 5.92 Å². The van der Waals surface area contributed by atoms with E-state index in [1.165, 1.54) is 0 Å². The minimum atomic E-state index is -3.90. The van der Waals surface area contributed by atoms with Crippen LogP contribution in [0.3, 0.4) is 0 Å². The number of carbonyl (C=O) groups is 1. The number of rotatable bonds is 9. The molecule has 8 nitrogen and oxygen atoms in total. The fraction of sp³-hybridized carbons (Fsp3) is 0.367. The van der Waals surface area contributed by atoms with Crippen LogP contribution in [-0.2, 0) is 14.8 Å². The van der Waals surface area contributed by atoms with E-state index in [0.717, 1.165) is 49.4 Å². The number of piperazine rings is 1. The number of benzene rings is 3. The van der Waals surface area contributed by atoms with Crippen LogP contribution in [0, 0.1) is 5.92 Å². The molecule has 0 spiro atoms. The molecule has 1 aliphatic carbocycles. The van der Waals surface area contributed by atoms with Gasteiger partial charge in [0.05, 0.1) is 12.8 Å². The molecule has 5 rings (SSSR count). The summed E-state index contributed by atoms with van der Waals surface area (Å²) in [6.45, 7) is 4.66. The number of nitrogens with one attached hydrogen (secondary N) is 2. The lowest BCUT2D eigenvalue weighted by atomic mass is 9.85. The molecule has 2 aliphatic rings. The van der Waals surface area contributed by atoms with Crippen LogP contribution in [0.4, 0.5) is 17.1 Å². The van der Waals surface area contributed by atoms with Crippen molar-refractivity contribution in [1.82, 2.24) is 4.72 Å². The molecule has 9 heteroatoms. The molecule has 1 amide bonds. The first-order valence-electron chi connectivity index (χ1n) is 13.5. The van der Waals surface area contributed by atoms with Crippen molar-refractivity contribution < 1.29 is 17.9 Å². The zero-order chi connectivity index (χ0) is 27.4. The molecular formula is C30H36N4O4S. The summed E-state index contributed by atoms with van der Waals surface area (Å²) in [5.41, 5.74) is 3.12. The Balaban J connectivity index is 1.38. The number of ether oxygens (including phenoxy) is 1. The van der Waals surface area contributed by atoms with Crippen LogP contribution in [0.1, 0.15) is 37.8 Å². The van der Waals surface area contributed by atoms with Gasteiger partial charge in [0.2, 0.25) is 15.9 Å². The highest BCUT2D eigenvalue weighted by Crippen LogP contribution is 2.33. The summed E-state index contributed by atoms with van der Waals surface area (Å²) in [7, 11) is -2.25. The number of carbonyl (C=O) groups excluding carboxylic acids is 1. The van der Waals surface area contributed by atoms with E-state index >= 15 is 0 Å². The third-order valence-corrected chi connectivity index (χ3v) is 9.25. The van der Waals surface area contributed by atoms with Gasteiger partial charge in [-0.25, -0.2) is 13.1 Å². The Kier molecular flexibility index (Phi) is 8.09. The number of anilines is 3. The van der Waals surface area contributed by atoms with Crippen LogP contribution in [0.15, 0.2) is 77.7 Å². The molecule has 2 N–H and O–H groups in total. The van der Waals surface area contributed by atoms with E-state index in [1.54, 1.807) is 19.2 Å². The molecular weight excluding hydrogens is 512 g/mol. The maximum atomic E-state index is 13.8. The van der Waals surface area contributed by atoms with Gasteiger partial charge in [0.1, 0.15) is 10.6 Å². The van der Waals surface area contributed by atoms with Gasteiger partial charge in [-0.1, -0.05) is 36.8 Å². The Morgan fingerprint density at radius 3 is 2.21 bits per heavy atom. The van der Waals surface area contributed by atoms with Gasteiger partial charge >= 0.3 is 0 Å². The Hall–Kier alpha value is -3.56. The highest BCUT2D eigenvalue weighted by molar-refractivity contribution is 7.89. The van der Waals surface area contributed by atoms with Gasteiger partial charge in [-0.3, -0.25) is 4.79 Å². The van der Waals surface area contributed by atoms with E-state index in [1.807, 2.05) is 67.6 Å². The molecule has 1 aliphatic heterocycles. The van der Waals surface area contributed by atoms with E-state index in [9.17, 15) is 13.2 Å². The number of hydrogen-bond donors (Lipinski definition) is 2. The van der Waals surface area contributed by atoms with E-state index in [2.05, 4.69) is 19.8 Å². The van der Waals surface area contributed by atoms with E-state index in [-0.39, 0.29) is 16.7 Å². The third kappa shape index (κ3) is 6.20. The van der Waals surface area contributed by atoms with Crippen LogP contribution in [-0.4, -0.2) is 47.6 Å². The standard InChI is InChI=1S/C30H36N4O4S/c1-22(23-7-4-3-5-8-23)32-39(36,37)29-21-25(31-30(35)24-9-6-10-24)11-16-28(29)34-19-17-33(18-20-34)26-12-14-27(38-2)15-13-26/h3-5,7-8,11-16,21-22,24,32H,6,9-10,17-20H2,1-2H3,(H,31,35)/t22-/m1/s1. The molecule has 3 aromatic rings. The second kappa shape index (κ2) is 11.7. The Labute approximate surface area is 231 Å². The summed E-state index contributed by atoms with van der Waals surface area (Å²) in [5, 5.41) is 2.94. The molecule has 0 unspecified atom stereocenters. The summed E-state index contributed by atoms with van der Waals surface area (Å²) in [5.74, 6) is 0.775. The minimum Gasteiger partial charge on any atom is -0.497 e. The number of methoxy groups -OCH3 is 1. The monoisotopic (exact) mass is 548 g/mol. The molecule has 206 valence electrons. The average Bonchev–Trinajstić information content (AvgIpc) is 2.92. The predicted molar refractivity (Wildman–Crippen MR) is 155 cm³/mol. The Morgan fingerprint density at radius 1 is 0.923 bits per heavy atom. The van der Waals surface area contributed by atoms with Gasteiger partial charge < -0.3 is 19.9 Å². The van der Waals surface area contributed by atoms with E-state index in [0.29, 0.717) is 24.5 Å². The van der Waals surface area contributed by atoms with Crippen molar-refractivity contribution in [3.8, 4) is 5.75 Å². The van der Waals surface area contributed by atoms with Gasteiger partial charge in [-0.05, 0) is 67.8 Å². The van der Waals surface area contributed by atoms with Crippen LogP contribution in [0.2, 0.25) is 0 Å². The van der Waals surface area contributed by atoms with Crippen LogP contribution in [0.25, 0.3) is 0 Å². The van der Waals surface area contributed by atoms with Gasteiger partial charge in [0.25, 0.3) is 0 Å². The summed E-state index contributed by atoms with van der Waals surface area (Å²) in [4.78, 5) is 17.2. The quantitative estimate of drug-likeness (QED) is 0.399. The van der Waals surface area contributed by atoms with Crippen LogP contribution in [0.5, 0.6) is 5.75 Å². The van der Waals surface area contributed by atoms with Crippen molar-refractivity contribution in [2.45, 2.75) is 37.1 Å². The fourth-order valence-electron chi connectivity index (χ4n) is 5.09. The first kappa shape index (κ1) is 27.0. The largest absolute Gasteiger partial charge is 0.497 e. The van der Waals surface area contributed by atoms with Crippen LogP contribution < -0.4 is 24.6 Å². The average molecular weight is 549 g/mol. The summed E-state index contributed by atoms with van der Waals surface area (Å²) in [6.07, 6.45) is 2.81. The molecule has 3 aromatic carbocycles. The second-order valence-corrected chi connectivity index (χ2v) is 11.9. The molecule has 0 radical (unpaired) electrons. The van der Waals surface area contributed by atoms with E-state index in [4.69, 9.17) is 4.74 Å². The topological polar surface area (TPSA) is 91.0 Å². The molecule has 39 heavy (non-hydrogen) atoms. The van der Waals surface area contributed by atoms with Crippen molar-refractivity contribution >= 4 is 33.0 Å². The van der Waals surface area contributed by atoms with Crippen molar-refractivity contribution in [3.05, 3.63) is 78.4 Å². The molecule has 0 aromatic heterocycles. The third-order valence-electron chi connectivity index (χ3n) is 7.68. The smallest absolute Gasteiger partial charge is 0.243 e. The van der Waals surface area contributed by atoms with Crippen molar-refractivity contribution in [1.29, 1.82) is 0 Å². The lowest BCUT2D eigenvalue weighted by Crippen LogP contribution is -2.47. The highest BCUT2D eigenvalue weighted by atomic mass is 32.2.